The first-order valence-corrected chi connectivity index (χ1v) is 10.0. The average molecular weight is 436 g/mol. The van der Waals surface area contributed by atoms with Crippen LogP contribution in [0.2, 0.25) is 0 Å². The summed E-state index contributed by atoms with van der Waals surface area (Å²) in [7, 11) is 0. The van der Waals surface area contributed by atoms with Crippen molar-refractivity contribution < 1.29 is 8.78 Å². The topological polar surface area (TPSA) is 87.1 Å². The van der Waals surface area contributed by atoms with Crippen molar-refractivity contribution in [1.29, 1.82) is 0 Å². The smallest absolute Gasteiger partial charge is 0.334 e. The van der Waals surface area contributed by atoms with Gasteiger partial charge >= 0.3 is 5.69 Å². The van der Waals surface area contributed by atoms with E-state index < -0.39 is 17.1 Å². The summed E-state index contributed by atoms with van der Waals surface area (Å²) < 4.78 is 28.2. The molecule has 1 saturated heterocycles. The van der Waals surface area contributed by atoms with E-state index in [9.17, 15) is 18.4 Å². The maximum atomic E-state index is 14.1. The van der Waals surface area contributed by atoms with Gasteiger partial charge in [0, 0.05) is 32.4 Å². The van der Waals surface area contributed by atoms with Gasteiger partial charge in [0.1, 0.15) is 17.0 Å². The fourth-order valence-electron chi connectivity index (χ4n) is 3.83. The van der Waals surface area contributed by atoms with E-state index in [1.807, 2.05) is 9.80 Å². The third-order valence-electron chi connectivity index (χ3n) is 5.48. The number of piperazine rings is 1. The van der Waals surface area contributed by atoms with Crippen molar-refractivity contribution in [2.75, 3.05) is 36.0 Å². The lowest BCUT2D eigenvalue weighted by Gasteiger charge is -2.36. The second kappa shape index (κ2) is 7.88. The highest BCUT2D eigenvalue weighted by Crippen LogP contribution is 2.21. The highest BCUT2D eigenvalue weighted by atomic mass is 19.1. The molecule has 1 N–H and O–H groups in total. The van der Waals surface area contributed by atoms with Crippen molar-refractivity contribution in [2.45, 2.75) is 0 Å². The molecule has 162 valence electrons. The Balaban J connectivity index is 1.43. The van der Waals surface area contributed by atoms with Crippen LogP contribution in [0.25, 0.3) is 16.7 Å². The van der Waals surface area contributed by atoms with Crippen LogP contribution in [-0.2, 0) is 0 Å². The number of hydrogen-bond donors (Lipinski definition) is 1. The van der Waals surface area contributed by atoms with Gasteiger partial charge in [0.25, 0.3) is 5.56 Å². The predicted octanol–water partition coefficient (Wildman–Crippen LogP) is 2.07. The minimum atomic E-state index is -0.678. The summed E-state index contributed by atoms with van der Waals surface area (Å²) in [5, 5.41) is 0.141. The Morgan fingerprint density at radius 2 is 1.56 bits per heavy atom. The van der Waals surface area contributed by atoms with Gasteiger partial charge in [-0.1, -0.05) is 12.1 Å². The van der Waals surface area contributed by atoms with Crippen LogP contribution in [-0.4, -0.2) is 45.7 Å². The number of halogens is 2. The van der Waals surface area contributed by atoms with Crippen LogP contribution in [0.1, 0.15) is 0 Å². The summed E-state index contributed by atoms with van der Waals surface area (Å²) in [6.45, 7) is 2.25. The lowest BCUT2D eigenvalue weighted by atomic mass is 10.2. The number of rotatable bonds is 3. The van der Waals surface area contributed by atoms with Crippen molar-refractivity contribution >= 4 is 22.7 Å². The number of nitrogens with zero attached hydrogens (tertiary/aromatic N) is 5. The molecule has 10 heteroatoms. The predicted molar refractivity (Wildman–Crippen MR) is 117 cm³/mol. The molecule has 3 heterocycles. The van der Waals surface area contributed by atoms with Crippen molar-refractivity contribution in [1.82, 2.24) is 19.5 Å². The van der Waals surface area contributed by atoms with Gasteiger partial charge in [0.15, 0.2) is 5.65 Å². The minimum absolute atomic E-state index is 0.125. The minimum Gasteiger partial charge on any atom is -0.366 e. The summed E-state index contributed by atoms with van der Waals surface area (Å²) in [4.78, 5) is 40.6. The molecule has 2 aromatic carbocycles. The van der Waals surface area contributed by atoms with Gasteiger partial charge in [-0.3, -0.25) is 9.78 Å². The molecule has 0 amide bonds. The van der Waals surface area contributed by atoms with Crippen molar-refractivity contribution in [3.05, 3.63) is 87.2 Å². The van der Waals surface area contributed by atoms with Crippen molar-refractivity contribution in [3.63, 3.8) is 0 Å². The first-order valence-electron chi connectivity index (χ1n) is 10.0. The van der Waals surface area contributed by atoms with Gasteiger partial charge in [0.2, 0.25) is 5.95 Å². The normalized spacial score (nSPS) is 14.2. The van der Waals surface area contributed by atoms with Crippen LogP contribution in [0.3, 0.4) is 0 Å². The number of nitrogens with one attached hydrogen (secondary N) is 1. The van der Waals surface area contributed by atoms with Gasteiger partial charge in [-0.25, -0.2) is 23.1 Å². The number of aromatic nitrogens is 4. The van der Waals surface area contributed by atoms with Gasteiger partial charge in [-0.05, 0) is 36.4 Å². The third-order valence-corrected chi connectivity index (χ3v) is 5.48. The van der Waals surface area contributed by atoms with E-state index >= 15 is 0 Å². The lowest BCUT2D eigenvalue weighted by Crippen LogP contribution is -2.47. The van der Waals surface area contributed by atoms with Crippen LogP contribution in [0, 0.1) is 11.6 Å². The Hall–Kier alpha value is -4.08. The molecule has 0 saturated carbocycles. The number of aromatic amines is 1. The number of H-pyrrole nitrogens is 1. The summed E-state index contributed by atoms with van der Waals surface area (Å²) in [5.41, 5.74) is -0.348. The molecule has 0 unspecified atom stereocenters. The average Bonchev–Trinajstić information content (AvgIpc) is 2.80. The molecule has 5 rings (SSSR count). The van der Waals surface area contributed by atoms with E-state index in [2.05, 4.69) is 15.0 Å². The molecule has 1 aliphatic heterocycles. The molecule has 0 aliphatic carbocycles. The first-order chi connectivity index (χ1) is 15.5. The monoisotopic (exact) mass is 436 g/mol. The van der Waals surface area contributed by atoms with Gasteiger partial charge in [0.05, 0.1) is 11.4 Å². The summed E-state index contributed by atoms with van der Waals surface area (Å²) in [6, 6.07) is 11.7. The molecule has 1 aliphatic rings. The summed E-state index contributed by atoms with van der Waals surface area (Å²) in [6.07, 6.45) is 1.37. The number of fused-ring (bicyclic) bond motifs is 1. The van der Waals surface area contributed by atoms with Gasteiger partial charge in [-0.15, -0.1) is 0 Å². The molecule has 32 heavy (non-hydrogen) atoms. The standard InChI is InChI=1S/C22H18F2N6O2/c23-14-5-7-15(8-6-14)30-20(31)16-13-25-21(26-19(16)27-22(30)32)29-11-9-28(10-12-29)18-4-2-1-3-17(18)24/h1-8,13H,9-12H2,(H,25,26,27,32). The quantitative estimate of drug-likeness (QED) is 0.529. The summed E-state index contributed by atoms with van der Waals surface area (Å²) in [5.74, 6) is -0.361. The Labute approximate surface area is 180 Å². The number of hydrogen-bond acceptors (Lipinski definition) is 6. The second-order valence-electron chi connectivity index (χ2n) is 7.40. The number of benzene rings is 2. The van der Waals surface area contributed by atoms with E-state index in [4.69, 9.17) is 0 Å². The Kier molecular flexibility index (Phi) is 4.89. The zero-order valence-corrected chi connectivity index (χ0v) is 16.8. The zero-order valence-electron chi connectivity index (χ0n) is 16.8. The molecule has 4 aromatic rings. The molecule has 0 bridgehead atoms. The maximum Gasteiger partial charge on any atom is 0.334 e. The number of anilines is 2. The molecule has 8 nitrogen and oxygen atoms in total. The SMILES string of the molecule is O=c1[nH]c2nc(N3CCN(c4ccccc4F)CC3)ncc2c(=O)n1-c1ccc(F)cc1. The first kappa shape index (κ1) is 19.9. The Morgan fingerprint density at radius 3 is 2.28 bits per heavy atom. The molecule has 0 radical (unpaired) electrons. The van der Waals surface area contributed by atoms with E-state index in [1.165, 1.54) is 36.5 Å². The van der Waals surface area contributed by atoms with Crippen molar-refractivity contribution in [3.8, 4) is 5.69 Å². The largest absolute Gasteiger partial charge is 0.366 e. The second-order valence-corrected chi connectivity index (χ2v) is 7.40. The summed E-state index contributed by atoms with van der Waals surface area (Å²) >= 11 is 0. The highest BCUT2D eigenvalue weighted by Gasteiger charge is 2.22. The van der Waals surface area contributed by atoms with E-state index in [1.54, 1.807) is 18.2 Å². The molecule has 2 aromatic heterocycles. The van der Waals surface area contributed by atoms with E-state index in [0.717, 1.165) is 4.57 Å². The highest BCUT2D eigenvalue weighted by molar-refractivity contribution is 5.73. The molecular weight excluding hydrogens is 418 g/mol. The lowest BCUT2D eigenvalue weighted by molar-refractivity contribution is 0.594. The molecule has 0 atom stereocenters. The van der Waals surface area contributed by atoms with Crippen LogP contribution >= 0.6 is 0 Å². The van der Waals surface area contributed by atoms with Gasteiger partial charge in [-0.2, -0.15) is 4.98 Å². The fourth-order valence-corrected chi connectivity index (χ4v) is 3.83. The van der Waals surface area contributed by atoms with E-state index in [-0.39, 0.29) is 22.5 Å². The van der Waals surface area contributed by atoms with Crippen molar-refractivity contribution in [2.24, 2.45) is 0 Å². The van der Waals surface area contributed by atoms with Crippen LogP contribution in [0.5, 0.6) is 0 Å². The maximum absolute atomic E-state index is 14.1. The molecule has 0 spiro atoms. The van der Waals surface area contributed by atoms with Crippen LogP contribution < -0.4 is 21.0 Å². The molecular formula is C22H18F2N6O2. The Bertz CT molecular complexity index is 1410. The molecule has 1 fully saturated rings. The van der Waals surface area contributed by atoms with Gasteiger partial charge < -0.3 is 9.80 Å². The van der Waals surface area contributed by atoms with Crippen LogP contribution in [0.15, 0.2) is 64.3 Å². The fraction of sp³-hybridized carbons (Fsp3) is 0.182. The van der Waals surface area contributed by atoms with Crippen LogP contribution in [0.4, 0.5) is 20.4 Å². The number of para-hydroxylation sites is 1. The van der Waals surface area contributed by atoms with E-state index in [0.29, 0.717) is 37.8 Å². The third kappa shape index (κ3) is 3.49. The zero-order chi connectivity index (χ0) is 22.2. The Morgan fingerprint density at radius 1 is 0.875 bits per heavy atom.